The molecule has 0 aliphatic heterocycles. The molecule has 2 aromatic heterocycles. The Morgan fingerprint density at radius 2 is 1.36 bits per heavy atom. The summed E-state index contributed by atoms with van der Waals surface area (Å²) in [7, 11) is 3.26. The van der Waals surface area contributed by atoms with E-state index in [9.17, 15) is 0 Å². The summed E-state index contributed by atoms with van der Waals surface area (Å²) in [6.45, 7) is 2.05. The Kier molecular flexibility index (Phi) is 5.09. The minimum atomic E-state index is 0.712. The molecule has 0 aliphatic carbocycles. The Bertz CT molecular complexity index is 904. The Morgan fingerprint density at radius 1 is 0.720 bits per heavy atom. The van der Waals surface area contributed by atoms with Crippen LogP contribution in [0.3, 0.4) is 0 Å². The van der Waals surface area contributed by atoms with Gasteiger partial charge in [0.25, 0.3) is 0 Å². The Labute approximate surface area is 147 Å². The normalized spacial score (nSPS) is 10.8. The molecule has 2 heterocycles. The van der Waals surface area contributed by atoms with Crippen LogP contribution in [0, 0.1) is 6.92 Å². The number of aromatic nitrogens is 2. The number of aryl methyl sites for hydroxylation is 1. The third-order valence-electron chi connectivity index (χ3n) is 3.84. The smallest absolute Gasteiger partial charge is 0.161 e. The molecule has 0 N–H and O–H groups in total. The summed E-state index contributed by atoms with van der Waals surface area (Å²) >= 11 is 0. The van der Waals surface area contributed by atoms with E-state index in [1.165, 1.54) is 0 Å². The summed E-state index contributed by atoms with van der Waals surface area (Å²) in [6.07, 6.45) is 7.68. The number of nitrogens with zero attached hydrogens (tertiary/aromatic N) is 2. The van der Waals surface area contributed by atoms with E-state index in [1.807, 2.05) is 61.5 Å². The first-order valence-corrected chi connectivity index (χ1v) is 7.99. The minimum absolute atomic E-state index is 0.712. The van der Waals surface area contributed by atoms with Gasteiger partial charge >= 0.3 is 0 Å². The molecule has 1 aromatic carbocycles. The third-order valence-corrected chi connectivity index (χ3v) is 3.84. The van der Waals surface area contributed by atoms with Crippen LogP contribution in [0.4, 0.5) is 0 Å². The predicted octanol–water partition coefficient (Wildman–Crippen LogP) is 4.64. The van der Waals surface area contributed by atoms with Crippen molar-refractivity contribution in [2.45, 2.75) is 6.92 Å². The highest BCUT2D eigenvalue weighted by atomic mass is 16.5. The first-order chi connectivity index (χ1) is 12.2. The van der Waals surface area contributed by atoms with E-state index in [0.717, 1.165) is 33.8 Å². The monoisotopic (exact) mass is 332 g/mol. The zero-order valence-corrected chi connectivity index (χ0v) is 14.6. The molecular weight excluding hydrogens is 312 g/mol. The molecule has 0 fully saturated rings. The van der Waals surface area contributed by atoms with Gasteiger partial charge in [-0.2, -0.15) is 0 Å². The van der Waals surface area contributed by atoms with Gasteiger partial charge in [0, 0.05) is 12.4 Å². The fraction of sp³-hybridized carbons (Fsp3) is 0.143. The predicted molar refractivity (Wildman–Crippen MR) is 101 cm³/mol. The summed E-state index contributed by atoms with van der Waals surface area (Å²) < 4.78 is 10.6. The molecule has 0 unspecified atom stereocenters. The van der Waals surface area contributed by atoms with Gasteiger partial charge in [-0.05, 0) is 60.0 Å². The molecule has 3 rings (SSSR count). The maximum absolute atomic E-state index is 5.34. The van der Waals surface area contributed by atoms with Crippen LogP contribution in [0.2, 0.25) is 0 Å². The van der Waals surface area contributed by atoms with Crippen LogP contribution < -0.4 is 9.47 Å². The van der Waals surface area contributed by atoms with Crippen LogP contribution in [0.25, 0.3) is 23.5 Å². The van der Waals surface area contributed by atoms with Crippen molar-refractivity contribution in [3.63, 3.8) is 0 Å². The van der Waals surface area contributed by atoms with Crippen LogP contribution in [-0.4, -0.2) is 24.2 Å². The average Bonchev–Trinajstić information content (AvgIpc) is 2.66. The number of methoxy groups -OCH3 is 2. The molecule has 4 nitrogen and oxygen atoms in total. The standard InChI is InChI=1S/C21H20N2O2/c1-15-8-10-22-18(12-15)19-13-17(9-11-23-19)5-4-16-6-7-20(24-2)21(14-16)25-3/h4-14H,1-3H3/b5-4+. The van der Waals surface area contributed by atoms with Crippen molar-refractivity contribution in [1.82, 2.24) is 9.97 Å². The molecule has 0 amide bonds. The van der Waals surface area contributed by atoms with Crippen molar-refractivity contribution >= 4 is 12.2 Å². The van der Waals surface area contributed by atoms with Gasteiger partial charge in [0.05, 0.1) is 25.6 Å². The topological polar surface area (TPSA) is 44.2 Å². The van der Waals surface area contributed by atoms with Crippen molar-refractivity contribution < 1.29 is 9.47 Å². The zero-order chi connectivity index (χ0) is 17.6. The number of pyridine rings is 2. The van der Waals surface area contributed by atoms with Crippen molar-refractivity contribution in [3.8, 4) is 22.9 Å². The molecule has 25 heavy (non-hydrogen) atoms. The van der Waals surface area contributed by atoms with Crippen LogP contribution in [-0.2, 0) is 0 Å². The third kappa shape index (κ3) is 4.04. The molecule has 0 radical (unpaired) electrons. The summed E-state index contributed by atoms with van der Waals surface area (Å²) in [5.41, 5.74) is 4.99. The lowest BCUT2D eigenvalue weighted by atomic mass is 10.1. The minimum Gasteiger partial charge on any atom is -0.493 e. The first kappa shape index (κ1) is 16.7. The van der Waals surface area contributed by atoms with Crippen molar-refractivity contribution in [2.24, 2.45) is 0 Å². The fourth-order valence-electron chi connectivity index (χ4n) is 2.52. The van der Waals surface area contributed by atoms with Gasteiger partial charge in [-0.15, -0.1) is 0 Å². The largest absolute Gasteiger partial charge is 0.493 e. The lowest BCUT2D eigenvalue weighted by Gasteiger charge is -2.07. The van der Waals surface area contributed by atoms with Crippen LogP contribution in [0.1, 0.15) is 16.7 Å². The van der Waals surface area contributed by atoms with E-state index in [2.05, 4.69) is 9.97 Å². The lowest BCUT2D eigenvalue weighted by molar-refractivity contribution is 0.355. The second kappa shape index (κ2) is 7.62. The number of hydrogen-bond acceptors (Lipinski definition) is 4. The molecule has 4 heteroatoms. The van der Waals surface area contributed by atoms with Gasteiger partial charge < -0.3 is 9.47 Å². The molecule has 126 valence electrons. The van der Waals surface area contributed by atoms with Gasteiger partial charge in [0.15, 0.2) is 11.5 Å². The summed E-state index contributed by atoms with van der Waals surface area (Å²) in [4.78, 5) is 8.82. The average molecular weight is 332 g/mol. The summed E-state index contributed by atoms with van der Waals surface area (Å²) in [5.74, 6) is 1.43. The van der Waals surface area contributed by atoms with Gasteiger partial charge in [-0.1, -0.05) is 18.2 Å². The van der Waals surface area contributed by atoms with E-state index in [1.54, 1.807) is 26.6 Å². The van der Waals surface area contributed by atoms with E-state index in [0.29, 0.717) is 5.75 Å². The number of hydrogen-bond donors (Lipinski definition) is 0. The summed E-state index contributed by atoms with van der Waals surface area (Å²) in [5, 5.41) is 0. The highest BCUT2D eigenvalue weighted by molar-refractivity contribution is 5.72. The Hall–Kier alpha value is -3.14. The molecule has 0 bridgehead atoms. The molecular formula is C21H20N2O2. The second-order valence-corrected chi connectivity index (χ2v) is 5.64. The molecule has 0 atom stereocenters. The fourth-order valence-corrected chi connectivity index (χ4v) is 2.52. The SMILES string of the molecule is COc1ccc(/C=C/c2ccnc(-c3cc(C)ccn3)c2)cc1OC. The number of rotatable bonds is 5. The van der Waals surface area contributed by atoms with Crippen molar-refractivity contribution in [2.75, 3.05) is 14.2 Å². The van der Waals surface area contributed by atoms with E-state index >= 15 is 0 Å². The van der Waals surface area contributed by atoms with Crippen molar-refractivity contribution in [3.05, 3.63) is 71.5 Å². The maximum atomic E-state index is 5.34. The Balaban J connectivity index is 1.86. The summed E-state index contributed by atoms with van der Waals surface area (Å²) in [6, 6.07) is 13.8. The van der Waals surface area contributed by atoms with Gasteiger partial charge in [0.2, 0.25) is 0 Å². The second-order valence-electron chi connectivity index (χ2n) is 5.64. The van der Waals surface area contributed by atoms with Gasteiger partial charge in [-0.3, -0.25) is 9.97 Å². The maximum Gasteiger partial charge on any atom is 0.161 e. The lowest BCUT2D eigenvalue weighted by Crippen LogP contribution is -1.90. The van der Waals surface area contributed by atoms with Crippen LogP contribution >= 0.6 is 0 Å². The van der Waals surface area contributed by atoms with E-state index < -0.39 is 0 Å². The van der Waals surface area contributed by atoms with E-state index in [4.69, 9.17) is 9.47 Å². The quantitative estimate of drug-likeness (QED) is 0.683. The highest BCUT2D eigenvalue weighted by Crippen LogP contribution is 2.28. The highest BCUT2D eigenvalue weighted by Gasteiger charge is 2.04. The van der Waals surface area contributed by atoms with Gasteiger partial charge in [-0.25, -0.2) is 0 Å². The Morgan fingerprint density at radius 3 is 2.04 bits per heavy atom. The van der Waals surface area contributed by atoms with Crippen molar-refractivity contribution in [1.29, 1.82) is 0 Å². The number of benzene rings is 1. The number of ether oxygens (including phenoxy) is 2. The van der Waals surface area contributed by atoms with Crippen LogP contribution in [0.5, 0.6) is 11.5 Å². The molecule has 0 saturated heterocycles. The molecule has 0 aliphatic rings. The zero-order valence-electron chi connectivity index (χ0n) is 14.6. The van der Waals surface area contributed by atoms with E-state index in [-0.39, 0.29) is 0 Å². The molecule has 3 aromatic rings. The molecule has 0 saturated carbocycles. The van der Waals surface area contributed by atoms with Gasteiger partial charge in [0.1, 0.15) is 0 Å². The molecule has 0 spiro atoms. The van der Waals surface area contributed by atoms with Crippen LogP contribution in [0.15, 0.2) is 54.9 Å². The first-order valence-electron chi connectivity index (χ1n) is 7.99.